The fraction of sp³-hybridized carbons (Fsp3) is 1.00. The highest BCUT2D eigenvalue weighted by Crippen LogP contribution is 2.64. The maximum absolute atomic E-state index is 2.50. The van der Waals surface area contributed by atoms with Crippen molar-refractivity contribution < 1.29 is 0 Å². The Bertz CT molecular complexity index is 249. The van der Waals surface area contributed by atoms with Crippen molar-refractivity contribution in [1.29, 1.82) is 0 Å². The number of hydrogen-bond donors (Lipinski definition) is 0. The third-order valence-corrected chi connectivity index (χ3v) is 13.9. The lowest BCUT2D eigenvalue weighted by molar-refractivity contribution is 0.485. The lowest BCUT2D eigenvalue weighted by Crippen LogP contribution is -2.23. The topological polar surface area (TPSA) is 0 Å². The number of hydrogen-bond acceptors (Lipinski definition) is 0. The summed E-state index contributed by atoms with van der Waals surface area (Å²) < 4.78 is 0. The second-order valence-corrected chi connectivity index (χ2v) is 14.7. The van der Waals surface area contributed by atoms with Crippen LogP contribution in [0.4, 0.5) is 0 Å². The van der Waals surface area contributed by atoms with E-state index >= 15 is 0 Å². The van der Waals surface area contributed by atoms with Crippen LogP contribution in [0.5, 0.6) is 0 Å². The zero-order valence-electron chi connectivity index (χ0n) is 15.0. The van der Waals surface area contributed by atoms with Gasteiger partial charge in [0.15, 0.2) is 0 Å². The highest BCUT2D eigenvalue weighted by molar-refractivity contribution is 7.76. The van der Waals surface area contributed by atoms with Crippen LogP contribution in [-0.2, 0) is 0 Å². The molecule has 2 aliphatic carbocycles. The van der Waals surface area contributed by atoms with Crippen LogP contribution < -0.4 is 0 Å². The van der Waals surface area contributed by atoms with Crippen LogP contribution in [0.1, 0.15) is 91.9 Å². The molecule has 2 rings (SSSR count). The lowest BCUT2D eigenvalue weighted by atomic mass is 9.99. The molecule has 0 N–H and O–H groups in total. The van der Waals surface area contributed by atoms with E-state index in [4.69, 9.17) is 0 Å². The second-order valence-electron chi connectivity index (χ2n) is 7.94. The highest BCUT2D eigenvalue weighted by atomic mass is 31.2. The minimum Gasteiger partial charge on any atom is -0.0970 e. The lowest BCUT2D eigenvalue weighted by Gasteiger charge is -2.42. The Kier molecular flexibility index (Phi) is 8.00. The average Bonchev–Trinajstić information content (AvgIpc) is 2.49. The van der Waals surface area contributed by atoms with Gasteiger partial charge in [0.1, 0.15) is 0 Å². The maximum Gasteiger partial charge on any atom is -0.0111 e. The zero-order chi connectivity index (χ0) is 15.2. The summed E-state index contributed by atoms with van der Waals surface area (Å²) in [7, 11) is 0.589. The smallest absolute Gasteiger partial charge is 0.0111 e. The van der Waals surface area contributed by atoms with Gasteiger partial charge in [0.25, 0.3) is 0 Å². The van der Waals surface area contributed by atoms with Crippen molar-refractivity contribution in [2.75, 3.05) is 5.90 Å². The Hall–Kier alpha value is 0.860. The molecule has 2 heteroatoms. The van der Waals surface area contributed by atoms with Crippen LogP contribution in [0.25, 0.3) is 0 Å². The first-order valence-electron chi connectivity index (χ1n) is 9.61. The van der Waals surface area contributed by atoms with E-state index in [1.165, 1.54) is 38.5 Å². The first kappa shape index (κ1) is 18.2. The van der Waals surface area contributed by atoms with E-state index in [2.05, 4.69) is 27.7 Å². The Morgan fingerprint density at radius 2 is 1.05 bits per heavy atom. The standard InChI is InChI=1S/C19H38P2/c1-16(2)20(17(3)4)15-21(18-11-7-5-8-12-18)19-13-9-6-10-14-19/h16-19H,5-15H2,1-4H3. The molecule has 0 nitrogen and oxygen atoms in total. The predicted octanol–water partition coefficient (Wildman–Crippen LogP) is 7.39. The first-order chi connectivity index (χ1) is 10.1. The van der Waals surface area contributed by atoms with Crippen LogP contribution in [0.3, 0.4) is 0 Å². The Morgan fingerprint density at radius 3 is 1.38 bits per heavy atom. The van der Waals surface area contributed by atoms with Gasteiger partial charge in [-0.25, -0.2) is 0 Å². The summed E-state index contributed by atoms with van der Waals surface area (Å²) >= 11 is 0. The third kappa shape index (κ3) is 5.46. The largest absolute Gasteiger partial charge is 0.0970 e. The van der Waals surface area contributed by atoms with Crippen LogP contribution in [0, 0.1) is 0 Å². The van der Waals surface area contributed by atoms with E-state index in [9.17, 15) is 0 Å². The summed E-state index contributed by atoms with van der Waals surface area (Å²) in [5.41, 5.74) is 4.19. The Morgan fingerprint density at radius 1 is 0.667 bits per heavy atom. The highest BCUT2D eigenvalue weighted by Gasteiger charge is 2.33. The molecule has 0 heterocycles. The van der Waals surface area contributed by atoms with E-state index in [1.54, 1.807) is 31.6 Å². The molecule has 21 heavy (non-hydrogen) atoms. The van der Waals surface area contributed by atoms with Gasteiger partial charge >= 0.3 is 0 Å². The summed E-state index contributed by atoms with van der Waals surface area (Å²) in [6.07, 6.45) is 15.5. The van der Waals surface area contributed by atoms with Crippen molar-refractivity contribution in [2.24, 2.45) is 0 Å². The minimum atomic E-state index is 0.261. The number of rotatable bonds is 6. The summed E-state index contributed by atoms with van der Waals surface area (Å²) in [5.74, 6) is 1.66. The molecule has 0 aromatic heterocycles. The molecule has 0 aromatic carbocycles. The van der Waals surface area contributed by atoms with Crippen LogP contribution >= 0.6 is 15.8 Å². The average molecular weight is 328 g/mol. The van der Waals surface area contributed by atoms with E-state index < -0.39 is 0 Å². The molecule has 0 spiro atoms. The minimum absolute atomic E-state index is 0.261. The van der Waals surface area contributed by atoms with Crippen LogP contribution in [0.15, 0.2) is 0 Å². The molecular weight excluding hydrogens is 290 g/mol. The summed E-state index contributed by atoms with van der Waals surface area (Å²) in [6.45, 7) is 10.0. The monoisotopic (exact) mass is 328 g/mol. The van der Waals surface area contributed by atoms with Crippen molar-refractivity contribution in [3.63, 3.8) is 0 Å². The van der Waals surface area contributed by atoms with E-state index in [1.807, 2.05) is 0 Å². The van der Waals surface area contributed by atoms with Crippen molar-refractivity contribution in [3.8, 4) is 0 Å². The molecule has 0 unspecified atom stereocenters. The van der Waals surface area contributed by atoms with Crippen molar-refractivity contribution in [3.05, 3.63) is 0 Å². The van der Waals surface area contributed by atoms with Crippen molar-refractivity contribution in [1.82, 2.24) is 0 Å². The zero-order valence-corrected chi connectivity index (χ0v) is 16.8. The summed E-state index contributed by atoms with van der Waals surface area (Å²) in [6, 6.07) is 0. The molecule has 0 aromatic rings. The summed E-state index contributed by atoms with van der Waals surface area (Å²) in [5, 5.41) is 0. The van der Waals surface area contributed by atoms with Crippen LogP contribution in [0.2, 0.25) is 0 Å². The van der Waals surface area contributed by atoms with Crippen LogP contribution in [-0.4, -0.2) is 28.5 Å². The Balaban J connectivity index is 2.05. The first-order valence-corrected chi connectivity index (χ1v) is 12.9. The van der Waals surface area contributed by atoms with E-state index in [0.717, 1.165) is 22.6 Å². The summed E-state index contributed by atoms with van der Waals surface area (Å²) in [4.78, 5) is 0. The molecule has 0 radical (unpaired) electrons. The van der Waals surface area contributed by atoms with Gasteiger partial charge in [-0.1, -0.05) is 82.1 Å². The van der Waals surface area contributed by atoms with E-state index in [0.29, 0.717) is 7.92 Å². The fourth-order valence-electron chi connectivity index (χ4n) is 4.47. The quantitative estimate of drug-likeness (QED) is 0.446. The van der Waals surface area contributed by atoms with Crippen molar-refractivity contribution >= 4 is 15.8 Å². The molecule has 0 amide bonds. The van der Waals surface area contributed by atoms with Gasteiger partial charge in [-0.05, 0) is 54.2 Å². The molecule has 0 atom stereocenters. The molecular formula is C19H38P2. The van der Waals surface area contributed by atoms with Gasteiger partial charge < -0.3 is 0 Å². The van der Waals surface area contributed by atoms with Gasteiger partial charge in [0.2, 0.25) is 0 Å². The van der Waals surface area contributed by atoms with Gasteiger partial charge in [0, 0.05) is 0 Å². The fourth-order valence-corrected chi connectivity index (χ4v) is 14.3. The molecule has 2 aliphatic rings. The maximum atomic E-state index is 2.50. The predicted molar refractivity (Wildman–Crippen MR) is 103 cm³/mol. The van der Waals surface area contributed by atoms with Gasteiger partial charge in [-0.3, -0.25) is 0 Å². The van der Waals surface area contributed by atoms with E-state index in [-0.39, 0.29) is 7.92 Å². The molecule has 124 valence electrons. The van der Waals surface area contributed by atoms with Gasteiger partial charge in [-0.2, -0.15) is 0 Å². The van der Waals surface area contributed by atoms with Crippen molar-refractivity contribution in [2.45, 2.75) is 115 Å². The molecule has 0 saturated heterocycles. The third-order valence-electron chi connectivity index (χ3n) is 5.74. The molecule has 0 aliphatic heterocycles. The van der Waals surface area contributed by atoms with Gasteiger partial charge in [0.05, 0.1) is 0 Å². The Labute approximate surface area is 136 Å². The normalized spacial score (nSPS) is 22.9. The molecule has 2 fully saturated rings. The second kappa shape index (κ2) is 9.23. The molecule has 0 bridgehead atoms. The van der Waals surface area contributed by atoms with Gasteiger partial charge in [-0.15, -0.1) is 0 Å². The SMILES string of the molecule is CC(C)P(CP(C1CCCCC1)C1CCCCC1)C(C)C. The molecule has 2 saturated carbocycles.